The van der Waals surface area contributed by atoms with E-state index in [0.717, 1.165) is 25.1 Å². The maximum Gasteiger partial charge on any atom is 0.00722 e. The summed E-state index contributed by atoms with van der Waals surface area (Å²) in [5.41, 5.74) is 6.70. The van der Waals surface area contributed by atoms with Gasteiger partial charge in [-0.3, -0.25) is 0 Å². The molecule has 82 valence electrons. The van der Waals surface area contributed by atoms with Crippen LogP contribution in [0.3, 0.4) is 0 Å². The molecule has 0 fully saturated rings. The van der Waals surface area contributed by atoms with Crippen molar-refractivity contribution in [1.82, 2.24) is 0 Å². The molecule has 0 aliphatic heterocycles. The van der Waals surface area contributed by atoms with Gasteiger partial charge < -0.3 is 5.73 Å². The van der Waals surface area contributed by atoms with Gasteiger partial charge >= 0.3 is 0 Å². The second-order valence-corrected chi connectivity index (χ2v) is 4.67. The minimum atomic E-state index is 0.774. The van der Waals surface area contributed by atoms with Crippen LogP contribution in [0.1, 0.15) is 25.3 Å². The lowest BCUT2D eigenvalue weighted by Gasteiger charge is -1.98. The first-order chi connectivity index (χ1) is 7.36. The van der Waals surface area contributed by atoms with E-state index in [1.54, 1.807) is 0 Å². The summed E-state index contributed by atoms with van der Waals surface area (Å²) < 4.78 is 0. The van der Waals surface area contributed by atoms with Gasteiger partial charge in [0.05, 0.1) is 0 Å². The van der Waals surface area contributed by atoms with E-state index >= 15 is 0 Å². The highest BCUT2D eigenvalue weighted by molar-refractivity contribution is 7.99. The van der Waals surface area contributed by atoms with Crippen LogP contribution in [0.2, 0.25) is 0 Å². The van der Waals surface area contributed by atoms with Crippen LogP contribution in [0.25, 0.3) is 6.08 Å². The second-order valence-electron chi connectivity index (χ2n) is 3.34. The summed E-state index contributed by atoms with van der Waals surface area (Å²) in [5, 5.41) is 0. The van der Waals surface area contributed by atoms with E-state index in [0.29, 0.717) is 0 Å². The highest BCUT2D eigenvalue weighted by atomic mass is 32.2. The lowest BCUT2D eigenvalue weighted by Crippen LogP contribution is -1.96. The summed E-state index contributed by atoms with van der Waals surface area (Å²) in [5.74, 6) is 1.13. The highest BCUT2D eigenvalue weighted by Crippen LogP contribution is 2.18. The van der Waals surface area contributed by atoms with Crippen LogP contribution in [0.15, 0.2) is 35.2 Å². The molecule has 1 nitrogen and oxygen atoms in total. The van der Waals surface area contributed by atoms with E-state index in [1.165, 1.54) is 10.5 Å². The maximum atomic E-state index is 5.42. The SMILES string of the molecule is CCSc1ccc(/C=C/CCCN)cc1. The predicted molar refractivity (Wildman–Crippen MR) is 70.2 cm³/mol. The van der Waals surface area contributed by atoms with Gasteiger partial charge in [-0.1, -0.05) is 31.2 Å². The molecule has 0 amide bonds. The minimum absolute atomic E-state index is 0.774. The Bertz CT molecular complexity index is 290. The van der Waals surface area contributed by atoms with Crippen molar-refractivity contribution < 1.29 is 0 Å². The number of allylic oxidation sites excluding steroid dienone is 1. The number of rotatable bonds is 6. The summed E-state index contributed by atoms with van der Waals surface area (Å²) >= 11 is 1.88. The molecule has 0 bridgehead atoms. The molecule has 0 saturated carbocycles. The lowest BCUT2D eigenvalue weighted by molar-refractivity contribution is 0.857. The molecule has 2 heteroatoms. The van der Waals surface area contributed by atoms with Gasteiger partial charge in [0.1, 0.15) is 0 Å². The fourth-order valence-corrected chi connectivity index (χ4v) is 1.96. The van der Waals surface area contributed by atoms with Gasteiger partial charge in [-0.05, 0) is 42.8 Å². The molecular formula is C13H19NS. The molecule has 1 rings (SSSR count). The Morgan fingerprint density at radius 2 is 2.00 bits per heavy atom. The van der Waals surface area contributed by atoms with Gasteiger partial charge in [0.2, 0.25) is 0 Å². The summed E-state index contributed by atoms with van der Waals surface area (Å²) in [6.07, 6.45) is 6.49. The van der Waals surface area contributed by atoms with Crippen molar-refractivity contribution in [3.05, 3.63) is 35.9 Å². The van der Waals surface area contributed by atoms with Crippen LogP contribution in [0, 0.1) is 0 Å². The molecule has 0 spiro atoms. The zero-order valence-corrected chi connectivity index (χ0v) is 10.1. The normalized spacial score (nSPS) is 11.1. The third kappa shape index (κ3) is 5.05. The Kier molecular flexibility index (Phi) is 6.21. The summed E-state index contributed by atoms with van der Waals surface area (Å²) in [7, 11) is 0. The summed E-state index contributed by atoms with van der Waals surface area (Å²) in [4.78, 5) is 1.34. The van der Waals surface area contributed by atoms with E-state index in [4.69, 9.17) is 5.73 Å². The van der Waals surface area contributed by atoms with E-state index in [1.807, 2.05) is 11.8 Å². The second kappa shape index (κ2) is 7.55. The van der Waals surface area contributed by atoms with Crippen LogP contribution in [0.4, 0.5) is 0 Å². The van der Waals surface area contributed by atoms with Crippen molar-refractivity contribution >= 4 is 17.8 Å². The van der Waals surface area contributed by atoms with Crippen LogP contribution >= 0.6 is 11.8 Å². The van der Waals surface area contributed by atoms with Crippen LogP contribution in [-0.4, -0.2) is 12.3 Å². The zero-order valence-electron chi connectivity index (χ0n) is 9.28. The van der Waals surface area contributed by atoms with Crippen LogP contribution < -0.4 is 5.73 Å². The van der Waals surface area contributed by atoms with Gasteiger partial charge in [-0.15, -0.1) is 11.8 Å². The van der Waals surface area contributed by atoms with Gasteiger partial charge in [-0.2, -0.15) is 0 Å². The molecule has 0 aliphatic carbocycles. The first kappa shape index (κ1) is 12.3. The van der Waals surface area contributed by atoms with Crippen molar-refractivity contribution in [2.24, 2.45) is 5.73 Å². The van der Waals surface area contributed by atoms with Crippen LogP contribution in [-0.2, 0) is 0 Å². The Morgan fingerprint density at radius 1 is 1.27 bits per heavy atom. The van der Waals surface area contributed by atoms with E-state index < -0.39 is 0 Å². The molecule has 0 saturated heterocycles. The molecular weight excluding hydrogens is 202 g/mol. The molecule has 0 aromatic heterocycles. The number of hydrogen-bond acceptors (Lipinski definition) is 2. The smallest absolute Gasteiger partial charge is 0.00722 e. The monoisotopic (exact) mass is 221 g/mol. The average molecular weight is 221 g/mol. The van der Waals surface area contributed by atoms with Crippen molar-refractivity contribution in [2.75, 3.05) is 12.3 Å². The van der Waals surface area contributed by atoms with Gasteiger partial charge in [-0.25, -0.2) is 0 Å². The Hall–Kier alpha value is -0.730. The Labute approximate surface area is 96.8 Å². The summed E-state index contributed by atoms with van der Waals surface area (Å²) in [6.45, 7) is 2.95. The predicted octanol–water partition coefficient (Wildman–Crippen LogP) is 3.55. The number of thioether (sulfide) groups is 1. The topological polar surface area (TPSA) is 26.0 Å². The molecule has 0 atom stereocenters. The van der Waals surface area contributed by atoms with Crippen molar-refractivity contribution in [2.45, 2.75) is 24.7 Å². The number of nitrogens with two attached hydrogens (primary N) is 1. The largest absolute Gasteiger partial charge is 0.330 e. The minimum Gasteiger partial charge on any atom is -0.330 e. The quantitative estimate of drug-likeness (QED) is 0.587. The lowest BCUT2D eigenvalue weighted by atomic mass is 10.2. The Balaban J connectivity index is 2.45. The van der Waals surface area contributed by atoms with Crippen molar-refractivity contribution in [1.29, 1.82) is 0 Å². The fraction of sp³-hybridized carbons (Fsp3) is 0.385. The third-order valence-corrected chi connectivity index (χ3v) is 2.97. The molecule has 15 heavy (non-hydrogen) atoms. The molecule has 0 radical (unpaired) electrons. The zero-order chi connectivity index (χ0) is 10.9. The fourth-order valence-electron chi connectivity index (χ4n) is 1.30. The van der Waals surface area contributed by atoms with E-state index in [9.17, 15) is 0 Å². The van der Waals surface area contributed by atoms with E-state index in [2.05, 4.69) is 43.3 Å². The number of hydrogen-bond donors (Lipinski definition) is 1. The number of unbranched alkanes of at least 4 members (excludes halogenated alkanes) is 1. The molecule has 0 unspecified atom stereocenters. The van der Waals surface area contributed by atoms with Gasteiger partial charge in [0, 0.05) is 4.90 Å². The Morgan fingerprint density at radius 3 is 2.60 bits per heavy atom. The molecule has 0 aliphatic rings. The standard InChI is InChI=1S/C13H19NS/c1-2-15-13-9-7-12(8-10-13)6-4-3-5-11-14/h4,6-10H,2-3,5,11,14H2,1H3/b6-4+. The van der Waals surface area contributed by atoms with Crippen LogP contribution in [0.5, 0.6) is 0 Å². The number of benzene rings is 1. The first-order valence-corrected chi connectivity index (χ1v) is 6.45. The van der Waals surface area contributed by atoms with E-state index in [-0.39, 0.29) is 0 Å². The van der Waals surface area contributed by atoms with Gasteiger partial charge in [0.25, 0.3) is 0 Å². The summed E-state index contributed by atoms with van der Waals surface area (Å²) in [6, 6.07) is 8.68. The van der Waals surface area contributed by atoms with Crippen molar-refractivity contribution in [3.63, 3.8) is 0 Å². The highest BCUT2D eigenvalue weighted by Gasteiger charge is 1.90. The molecule has 1 aromatic carbocycles. The van der Waals surface area contributed by atoms with Crippen molar-refractivity contribution in [3.8, 4) is 0 Å². The first-order valence-electron chi connectivity index (χ1n) is 5.46. The average Bonchev–Trinajstić information content (AvgIpc) is 2.27. The molecule has 1 aromatic rings. The molecule has 2 N–H and O–H groups in total. The maximum absolute atomic E-state index is 5.42. The van der Waals surface area contributed by atoms with Gasteiger partial charge in [0.15, 0.2) is 0 Å². The molecule has 0 heterocycles. The third-order valence-electron chi connectivity index (χ3n) is 2.08.